The van der Waals surface area contributed by atoms with E-state index < -0.39 is 66.9 Å². The molecule has 232 valence electrons. The van der Waals surface area contributed by atoms with Crippen LogP contribution in [0.15, 0.2) is 60.9 Å². The largest absolute Gasteiger partial charge is 0.481 e. The van der Waals surface area contributed by atoms with Crippen LogP contribution < -0.4 is 21.7 Å². The normalized spacial score (nSPS) is 14.0. The first-order valence-corrected chi connectivity index (χ1v) is 13.9. The summed E-state index contributed by atoms with van der Waals surface area (Å²) in [6.45, 7) is -0.892. The zero-order valence-electron chi connectivity index (χ0n) is 23.6. The molecule has 0 aliphatic carbocycles. The second kappa shape index (κ2) is 14.3. The van der Waals surface area contributed by atoms with E-state index in [4.69, 9.17) is 10.8 Å². The predicted octanol–water partition coefficient (Wildman–Crippen LogP) is 0.158. The van der Waals surface area contributed by atoms with Gasteiger partial charge in [0.15, 0.2) is 0 Å². The highest BCUT2D eigenvalue weighted by molar-refractivity contribution is 5.95. The SMILES string of the molecule is NC(Cc1c[nH]c2ccccc12)C(=O)NC(CCC(=O)O)C(=O)NC(CO)C(=O)NC(Cc1c[nH]c2ccccc12)C(=O)O. The number of aliphatic hydroxyl groups is 1. The Labute approximate surface area is 251 Å². The Balaban J connectivity index is 1.40. The summed E-state index contributed by atoms with van der Waals surface area (Å²) in [6, 6.07) is 9.18. The molecule has 0 saturated heterocycles. The number of para-hydroxylation sites is 2. The third-order valence-corrected chi connectivity index (χ3v) is 7.26. The maximum absolute atomic E-state index is 13.1. The summed E-state index contributed by atoms with van der Waals surface area (Å²) in [4.78, 5) is 68.4. The van der Waals surface area contributed by atoms with E-state index in [0.29, 0.717) is 5.56 Å². The summed E-state index contributed by atoms with van der Waals surface area (Å²) in [6.07, 6.45) is 2.58. The van der Waals surface area contributed by atoms with Gasteiger partial charge in [0, 0.05) is 47.0 Å². The van der Waals surface area contributed by atoms with E-state index in [1.165, 1.54) is 0 Å². The molecule has 14 heteroatoms. The number of aromatic amines is 2. The Hall–Kier alpha value is -5.21. The van der Waals surface area contributed by atoms with Crippen LogP contribution in [0.2, 0.25) is 0 Å². The lowest BCUT2D eigenvalue weighted by Gasteiger charge is -2.24. The van der Waals surface area contributed by atoms with Crippen LogP contribution >= 0.6 is 0 Å². The van der Waals surface area contributed by atoms with Gasteiger partial charge in [0.25, 0.3) is 0 Å². The smallest absolute Gasteiger partial charge is 0.326 e. The number of carboxylic acid groups (broad SMARTS) is 2. The summed E-state index contributed by atoms with van der Waals surface area (Å²) in [5.41, 5.74) is 9.17. The second-order valence-electron chi connectivity index (χ2n) is 10.4. The fourth-order valence-electron chi connectivity index (χ4n) is 4.90. The highest BCUT2D eigenvalue weighted by atomic mass is 16.4. The Morgan fingerprint density at radius 2 is 1.20 bits per heavy atom. The molecule has 10 N–H and O–H groups in total. The van der Waals surface area contributed by atoms with Gasteiger partial charge in [-0.15, -0.1) is 0 Å². The number of H-pyrrole nitrogens is 2. The van der Waals surface area contributed by atoms with Crippen molar-refractivity contribution < 1.29 is 39.3 Å². The molecule has 14 nitrogen and oxygen atoms in total. The van der Waals surface area contributed by atoms with Crippen LogP contribution in [-0.2, 0) is 36.8 Å². The van der Waals surface area contributed by atoms with Crippen LogP contribution in [-0.4, -0.2) is 85.7 Å². The van der Waals surface area contributed by atoms with Crippen LogP contribution in [0.3, 0.4) is 0 Å². The number of benzene rings is 2. The van der Waals surface area contributed by atoms with Crippen LogP contribution in [0.4, 0.5) is 0 Å². The number of carbonyl (C=O) groups excluding carboxylic acids is 3. The lowest BCUT2D eigenvalue weighted by Crippen LogP contribution is -2.58. The van der Waals surface area contributed by atoms with Crippen molar-refractivity contribution in [3.63, 3.8) is 0 Å². The maximum atomic E-state index is 13.1. The molecule has 4 atom stereocenters. The molecule has 0 aliphatic heterocycles. The minimum Gasteiger partial charge on any atom is -0.481 e. The van der Waals surface area contributed by atoms with Gasteiger partial charge in [-0.25, -0.2) is 4.79 Å². The van der Waals surface area contributed by atoms with Gasteiger partial charge in [-0.2, -0.15) is 0 Å². The number of aliphatic carboxylic acids is 2. The fraction of sp³-hybridized carbons (Fsp3) is 0.300. The topological polar surface area (TPSA) is 240 Å². The van der Waals surface area contributed by atoms with E-state index in [1.807, 2.05) is 36.4 Å². The lowest BCUT2D eigenvalue weighted by atomic mass is 10.0. The number of aromatic nitrogens is 2. The summed E-state index contributed by atoms with van der Waals surface area (Å²) in [5, 5.41) is 37.5. The van der Waals surface area contributed by atoms with E-state index in [2.05, 4.69) is 25.9 Å². The van der Waals surface area contributed by atoms with Crippen LogP contribution in [0.25, 0.3) is 21.8 Å². The quantitative estimate of drug-likeness (QED) is 0.0894. The van der Waals surface area contributed by atoms with E-state index in [0.717, 1.165) is 27.4 Å². The van der Waals surface area contributed by atoms with Crippen molar-refractivity contribution in [3.8, 4) is 0 Å². The Kier molecular flexibility index (Phi) is 10.3. The van der Waals surface area contributed by atoms with Gasteiger partial charge in [-0.05, 0) is 36.1 Å². The highest BCUT2D eigenvalue weighted by Crippen LogP contribution is 2.20. The van der Waals surface area contributed by atoms with Gasteiger partial charge in [-0.1, -0.05) is 36.4 Å². The molecule has 4 aromatic rings. The Morgan fingerprint density at radius 3 is 1.75 bits per heavy atom. The third-order valence-electron chi connectivity index (χ3n) is 7.26. The van der Waals surface area contributed by atoms with Crippen molar-refractivity contribution in [2.75, 3.05) is 6.61 Å². The zero-order chi connectivity index (χ0) is 31.8. The van der Waals surface area contributed by atoms with Crippen molar-refractivity contribution >= 4 is 51.5 Å². The molecule has 0 saturated carbocycles. The minimum absolute atomic E-state index is 0.0806. The maximum Gasteiger partial charge on any atom is 0.326 e. The molecule has 4 unspecified atom stereocenters. The second-order valence-corrected chi connectivity index (χ2v) is 10.4. The number of carbonyl (C=O) groups is 5. The summed E-state index contributed by atoms with van der Waals surface area (Å²) < 4.78 is 0. The zero-order valence-corrected chi connectivity index (χ0v) is 23.6. The fourth-order valence-corrected chi connectivity index (χ4v) is 4.90. The molecule has 0 bridgehead atoms. The monoisotopic (exact) mass is 606 g/mol. The van der Waals surface area contributed by atoms with Crippen LogP contribution in [0.5, 0.6) is 0 Å². The number of aliphatic hydroxyl groups excluding tert-OH is 1. The number of carboxylic acids is 2. The number of nitrogens with one attached hydrogen (secondary N) is 5. The summed E-state index contributed by atoms with van der Waals surface area (Å²) in [5.74, 6) is -5.21. The molecule has 0 spiro atoms. The first-order chi connectivity index (χ1) is 21.1. The van der Waals surface area contributed by atoms with Gasteiger partial charge in [0.2, 0.25) is 17.7 Å². The van der Waals surface area contributed by atoms with E-state index in [9.17, 15) is 34.2 Å². The molecule has 3 amide bonds. The average Bonchev–Trinajstić information content (AvgIpc) is 3.61. The molecule has 0 radical (unpaired) electrons. The van der Waals surface area contributed by atoms with Crippen molar-refractivity contribution in [1.29, 1.82) is 0 Å². The first-order valence-electron chi connectivity index (χ1n) is 13.9. The molecule has 2 aromatic carbocycles. The minimum atomic E-state index is -1.59. The van der Waals surface area contributed by atoms with Crippen molar-refractivity contribution in [1.82, 2.24) is 25.9 Å². The molecule has 2 aromatic heterocycles. The average molecular weight is 607 g/mol. The van der Waals surface area contributed by atoms with Gasteiger partial charge in [0.05, 0.1) is 12.6 Å². The van der Waals surface area contributed by atoms with Crippen LogP contribution in [0.1, 0.15) is 24.0 Å². The number of rotatable bonds is 15. The molecule has 0 aliphatic rings. The first kappa shape index (κ1) is 31.7. The molecular weight excluding hydrogens is 572 g/mol. The standard InChI is InChI=1S/C30H34N6O8/c31-20(11-16-13-32-21-7-3-1-5-18(16)21)27(40)34-23(9-10-26(38)39)28(41)36-25(15-37)29(42)35-24(30(43)44)12-17-14-33-22-8-4-2-6-19(17)22/h1-8,13-14,20,23-25,32-33,37H,9-12,15,31H2,(H,34,40)(H,35,42)(H,36,41)(H,38,39)(H,43,44). The highest BCUT2D eigenvalue weighted by Gasteiger charge is 2.31. The van der Waals surface area contributed by atoms with E-state index >= 15 is 0 Å². The van der Waals surface area contributed by atoms with Crippen LogP contribution in [0, 0.1) is 0 Å². The Bertz CT molecular complexity index is 1660. The van der Waals surface area contributed by atoms with Gasteiger partial charge in [-0.3, -0.25) is 19.2 Å². The van der Waals surface area contributed by atoms with Gasteiger partial charge >= 0.3 is 11.9 Å². The van der Waals surface area contributed by atoms with E-state index in [-0.39, 0.29) is 19.3 Å². The van der Waals surface area contributed by atoms with Crippen molar-refractivity contribution in [2.24, 2.45) is 5.73 Å². The summed E-state index contributed by atoms with van der Waals surface area (Å²) >= 11 is 0. The molecule has 2 heterocycles. The number of hydrogen-bond acceptors (Lipinski definition) is 7. The molecule has 0 fully saturated rings. The molecule has 4 rings (SSSR count). The lowest BCUT2D eigenvalue weighted by molar-refractivity contribution is -0.142. The number of amides is 3. The summed E-state index contributed by atoms with van der Waals surface area (Å²) in [7, 11) is 0. The molecular formula is C30H34N6O8. The van der Waals surface area contributed by atoms with Crippen molar-refractivity contribution in [2.45, 2.75) is 49.9 Å². The molecule has 44 heavy (non-hydrogen) atoms. The van der Waals surface area contributed by atoms with Gasteiger partial charge in [0.1, 0.15) is 18.1 Å². The Morgan fingerprint density at radius 1 is 0.705 bits per heavy atom. The number of fused-ring (bicyclic) bond motifs is 2. The third kappa shape index (κ3) is 7.79. The van der Waals surface area contributed by atoms with Gasteiger partial charge < -0.3 is 47.0 Å². The predicted molar refractivity (Wildman–Crippen MR) is 159 cm³/mol. The number of hydrogen-bond donors (Lipinski definition) is 9. The number of nitrogens with two attached hydrogens (primary N) is 1. The van der Waals surface area contributed by atoms with E-state index in [1.54, 1.807) is 24.5 Å². The van der Waals surface area contributed by atoms with Crippen molar-refractivity contribution in [3.05, 3.63) is 72.1 Å².